The Balaban J connectivity index is 1.94. The van der Waals surface area contributed by atoms with Crippen LogP contribution in [0, 0.1) is 0 Å². The number of methoxy groups -OCH3 is 1. The Labute approximate surface area is 124 Å². The molecule has 0 spiro atoms. The van der Waals surface area contributed by atoms with E-state index in [2.05, 4.69) is 17.3 Å². The molecule has 21 heavy (non-hydrogen) atoms. The van der Waals surface area contributed by atoms with Crippen LogP contribution in [0.4, 0.5) is 5.69 Å². The van der Waals surface area contributed by atoms with Gasteiger partial charge in [0.2, 0.25) is 5.91 Å². The first kappa shape index (κ1) is 15.1. The van der Waals surface area contributed by atoms with Crippen LogP contribution in [0.3, 0.4) is 0 Å². The van der Waals surface area contributed by atoms with Crippen molar-refractivity contribution in [2.24, 2.45) is 0 Å². The lowest BCUT2D eigenvalue weighted by atomic mass is 10.2. The monoisotopic (exact) mass is 287 g/mol. The van der Waals surface area contributed by atoms with E-state index < -0.39 is 0 Å². The molecular formula is C16H21N3O2. The third-order valence-electron chi connectivity index (χ3n) is 3.15. The van der Waals surface area contributed by atoms with Crippen LogP contribution in [0.1, 0.15) is 31.7 Å². The van der Waals surface area contributed by atoms with Gasteiger partial charge in [0.05, 0.1) is 25.5 Å². The zero-order chi connectivity index (χ0) is 15.1. The Kier molecular flexibility index (Phi) is 5.37. The SMILES string of the molecule is CCCCC(=O)Nc1cnn(Cc2cccc(OC)c2)c1. The number of nitrogens with zero attached hydrogens (tertiary/aromatic N) is 2. The summed E-state index contributed by atoms with van der Waals surface area (Å²) in [5, 5.41) is 7.12. The number of amides is 1. The normalized spacial score (nSPS) is 10.4. The predicted octanol–water partition coefficient (Wildman–Crippen LogP) is 3.07. The van der Waals surface area contributed by atoms with Crippen LogP contribution in [0.5, 0.6) is 5.75 Å². The molecule has 0 unspecified atom stereocenters. The Morgan fingerprint density at radius 3 is 3.05 bits per heavy atom. The van der Waals surface area contributed by atoms with Crippen LogP contribution >= 0.6 is 0 Å². The number of unbranched alkanes of at least 4 members (excludes halogenated alkanes) is 1. The van der Waals surface area contributed by atoms with E-state index in [0.29, 0.717) is 13.0 Å². The van der Waals surface area contributed by atoms with E-state index in [4.69, 9.17) is 4.74 Å². The van der Waals surface area contributed by atoms with Gasteiger partial charge in [-0.15, -0.1) is 0 Å². The Bertz CT molecular complexity index is 593. The number of anilines is 1. The molecular weight excluding hydrogens is 266 g/mol. The molecule has 1 amide bonds. The lowest BCUT2D eigenvalue weighted by Gasteiger charge is -2.04. The fourth-order valence-corrected chi connectivity index (χ4v) is 2.03. The van der Waals surface area contributed by atoms with Gasteiger partial charge >= 0.3 is 0 Å². The lowest BCUT2D eigenvalue weighted by molar-refractivity contribution is -0.116. The topological polar surface area (TPSA) is 56.2 Å². The third kappa shape index (κ3) is 4.63. The van der Waals surface area contributed by atoms with Crippen molar-refractivity contribution in [3.63, 3.8) is 0 Å². The predicted molar refractivity (Wildman–Crippen MR) is 82.5 cm³/mol. The van der Waals surface area contributed by atoms with Crippen LogP contribution in [0.15, 0.2) is 36.7 Å². The smallest absolute Gasteiger partial charge is 0.224 e. The van der Waals surface area contributed by atoms with Crippen molar-refractivity contribution in [1.29, 1.82) is 0 Å². The highest BCUT2D eigenvalue weighted by atomic mass is 16.5. The highest BCUT2D eigenvalue weighted by Crippen LogP contribution is 2.14. The number of aromatic nitrogens is 2. The van der Waals surface area contributed by atoms with Crippen molar-refractivity contribution in [1.82, 2.24) is 9.78 Å². The maximum absolute atomic E-state index is 11.7. The second-order valence-corrected chi connectivity index (χ2v) is 4.93. The number of carbonyl (C=O) groups is 1. The second kappa shape index (κ2) is 7.47. The lowest BCUT2D eigenvalue weighted by Crippen LogP contribution is -2.10. The Morgan fingerprint density at radius 1 is 1.43 bits per heavy atom. The van der Waals surface area contributed by atoms with Crippen LogP contribution in [-0.4, -0.2) is 22.8 Å². The molecule has 0 fully saturated rings. The van der Waals surface area contributed by atoms with Gasteiger partial charge in [0.1, 0.15) is 5.75 Å². The van der Waals surface area contributed by atoms with Gasteiger partial charge < -0.3 is 10.1 Å². The van der Waals surface area contributed by atoms with E-state index in [0.717, 1.165) is 29.8 Å². The van der Waals surface area contributed by atoms with Gasteiger partial charge in [0.25, 0.3) is 0 Å². The first-order valence-corrected chi connectivity index (χ1v) is 7.16. The third-order valence-corrected chi connectivity index (χ3v) is 3.15. The van der Waals surface area contributed by atoms with Gasteiger partial charge in [-0.25, -0.2) is 0 Å². The molecule has 112 valence electrons. The summed E-state index contributed by atoms with van der Waals surface area (Å²) in [6.07, 6.45) is 5.98. The summed E-state index contributed by atoms with van der Waals surface area (Å²) in [5.74, 6) is 0.866. The molecule has 5 heteroatoms. The number of hydrogen-bond donors (Lipinski definition) is 1. The molecule has 0 aliphatic carbocycles. The van der Waals surface area contributed by atoms with Crippen molar-refractivity contribution >= 4 is 11.6 Å². The molecule has 0 radical (unpaired) electrons. The summed E-state index contributed by atoms with van der Waals surface area (Å²) >= 11 is 0. The molecule has 2 rings (SSSR count). The number of hydrogen-bond acceptors (Lipinski definition) is 3. The zero-order valence-electron chi connectivity index (χ0n) is 12.5. The van der Waals surface area contributed by atoms with Crippen molar-refractivity contribution in [3.05, 3.63) is 42.2 Å². The summed E-state index contributed by atoms with van der Waals surface area (Å²) < 4.78 is 7.00. The largest absolute Gasteiger partial charge is 0.497 e. The zero-order valence-corrected chi connectivity index (χ0v) is 12.5. The number of benzene rings is 1. The fourth-order valence-electron chi connectivity index (χ4n) is 2.03. The van der Waals surface area contributed by atoms with Gasteiger partial charge in [0, 0.05) is 12.6 Å². The van der Waals surface area contributed by atoms with Crippen LogP contribution in [0.25, 0.3) is 0 Å². The summed E-state index contributed by atoms with van der Waals surface area (Å²) in [7, 11) is 1.65. The van der Waals surface area contributed by atoms with Crippen LogP contribution in [-0.2, 0) is 11.3 Å². The first-order chi connectivity index (χ1) is 10.2. The van der Waals surface area contributed by atoms with Gasteiger partial charge in [0.15, 0.2) is 0 Å². The van der Waals surface area contributed by atoms with Crippen molar-refractivity contribution in [3.8, 4) is 5.75 Å². The fraction of sp³-hybridized carbons (Fsp3) is 0.375. The number of carbonyl (C=O) groups excluding carboxylic acids is 1. The molecule has 1 heterocycles. The van der Waals surface area contributed by atoms with Crippen molar-refractivity contribution in [2.45, 2.75) is 32.7 Å². The minimum atomic E-state index is 0.0396. The molecule has 2 aromatic rings. The minimum absolute atomic E-state index is 0.0396. The molecule has 5 nitrogen and oxygen atoms in total. The average molecular weight is 287 g/mol. The Morgan fingerprint density at radius 2 is 2.29 bits per heavy atom. The molecule has 1 N–H and O–H groups in total. The molecule has 0 aliphatic heterocycles. The highest BCUT2D eigenvalue weighted by molar-refractivity contribution is 5.90. The van der Waals surface area contributed by atoms with E-state index in [1.54, 1.807) is 18.0 Å². The Hall–Kier alpha value is -2.30. The first-order valence-electron chi connectivity index (χ1n) is 7.16. The molecule has 0 bridgehead atoms. The van der Waals surface area contributed by atoms with Crippen LogP contribution in [0.2, 0.25) is 0 Å². The second-order valence-electron chi connectivity index (χ2n) is 4.93. The van der Waals surface area contributed by atoms with E-state index in [-0.39, 0.29) is 5.91 Å². The molecule has 0 saturated carbocycles. The standard InChI is InChI=1S/C16H21N3O2/c1-3-4-8-16(20)18-14-10-17-19(12-14)11-13-6-5-7-15(9-13)21-2/h5-7,9-10,12H,3-4,8,11H2,1-2H3,(H,18,20). The molecule has 1 aromatic heterocycles. The molecule has 1 aromatic carbocycles. The average Bonchev–Trinajstić information content (AvgIpc) is 2.92. The number of nitrogens with one attached hydrogen (secondary N) is 1. The van der Waals surface area contributed by atoms with E-state index in [1.165, 1.54) is 0 Å². The summed E-state index contributed by atoms with van der Waals surface area (Å²) in [6.45, 7) is 2.71. The molecule has 0 saturated heterocycles. The maximum atomic E-state index is 11.7. The van der Waals surface area contributed by atoms with Gasteiger partial charge in [-0.3, -0.25) is 9.48 Å². The van der Waals surface area contributed by atoms with E-state index in [1.807, 2.05) is 30.5 Å². The summed E-state index contributed by atoms with van der Waals surface area (Å²) in [4.78, 5) is 11.7. The van der Waals surface area contributed by atoms with Crippen LogP contribution < -0.4 is 10.1 Å². The van der Waals surface area contributed by atoms with Crippen molar-refractivity contribution in [2.75, 3.05) is 12.4 Å². The quantitative estimate of drug-likeness (QED) is 0.851. The minimum Gasteiger partial charge on any atom is -0.497 e. The number of rotatable bonds is 7. The van der Waals surface area contributed by atoms with Gasteiger partial charge in [-0.2, -0.15) is 5.10 Å². The van der Waals surface area contributed by atoms with Crippen molar-refractivity contribution < 1.29 is 9.53 Å². The van der Waals surface area contributed by atoms with Gasteiger partial charge in [-0.05, 0) is 24.1 Å². The molecule has 0 atom stereocenters. The number of ether oxygens (including phenoxy) is 1. The summed E-state index contributed by atoms with van der Waals surface area (Å²) in [6, 6.07) is 7.85. The van der Waals surface area contributed by atoms with E-state index in [9.17, 15) is 4.79 Å². The van der Waals surface area contributed by atoms with E-state index >= 15 is 0 Å². The summed E-state index contributed by atoms with van der Waals surface area (Å²) in [5.41, 5.74) is 1.83. The maximum Gasteiger partial charge on any atom is 0.224 e. The highest BCUT2D eigenvalue weighted by Gasteiger charge is 2.05. The molecule has 0 aliphatic rings. The van der Waals surface area contributed by atoms with Gasteiger partial charge in [-0.1, -0.05) is 25.5 Å².